The van der Waals surface area contributed by atoms with Gasteiger partial charge >= 0.3 is 18.3 Å². The Morgan fingerprint density at radius 2 is 1.63 bits per heavy atom. The molecule has 5 aromatic rings. The number of rotatable bonds is 10. The average Bonchev–Trinajstić information content (AvgIpc) is 4.04. The van der Waals surface area contributed by atoms with E-state index in [4.69, 9.17) is 21.2 Å². The van der Waals surface area contributed by atoms with Crippen molar-refractivity contribution in [1.29, 1.82) is 0 Å². The van der Waals surface area contributed by atoms with Crippen molar-refractivity contribution in [2.45, 2.75) is 69.0 Å². The van der Waals surface area contributed by atoms with Gasteiger partial charge in [0.15, 0.2) is 0 Å². The molecule has 0 unspecified atom stereocenters. The van der Waals surface area contributed by atoms with Crippen molar-refractivity contribution in [3.05, 3.63) is 94.3 Å². The molecule has 2 saturated carbocycles. The molecule has 21 heteroatoms. The maximum atomic E-state index is 15.4. The number of carbonyl (C=O) groups excluding carboxylic acids is 3. The molecule has 2 aliphatic carbocycles. The van der Waals surface area contributed by atoms with E-state index in [0.717, 1.165) is 6.20 Å². The van der Waals surface area contributed by atoms with Gasteiger partial charge in [0.1, 0.15) is 29.0 Å². The van der Waals surface area contributed by atoms with Gasteiger partial charge < -0.3 is 30.1 Å². The first-order valence-electron chi connectivity index (χ1n) is 16.8. The summed E-state index contributed by atoms with van der Waals surface area (Å²) in [5, 5.41) is 20.6. The molecule has 2 fully saturated rings. The number of fused-ring (bicyclic) bond motifs is 1. The summed E-state index contributed by atoms with van der Waals surface area (Å²) < 4.78 is 96.4. The van der Waals surface area contributed by atoms with Gasteiger partial charge in [0.25, 0.3) is 5.91 Å². The highest BCUT2D eigenvalue weighted by Gasteiger charge is 2.53. The lowest BCUT2D eigenvalue weighted by Gasteiger charge is -2.18. The van der Waals surface area contributed by atoms with E-state index in [9.17, 15) is 45.5 Å². The summed E-state index contributed by atoms with van der Waals surface area (Å²) in [6.07, 6.45) is -8.39. The standard InChI is InChI=1S/C29H21ClF4N6O3.C7H8F3NO3/c1-15-37-25(39-43-15)24-23(30)20-4-2-3-5-22(20)40(24)19-7-6-16(21(31)11-19)13-36-27(42)28(8-9-28)38-26(41)17-10-18(14-35-12-17)29(32,33)34;8-7(9,10)3-4(12)11-6(1-2-6)5(13)14/h2-7,10-12,14H,8-9,13H2,1H3,(H,36,42)(H,38,41);1-3H2,(H,11,12)(H,13,14). The van der Waals surface area contributed by atoms with Crippen LogP contribution in [0.4, 0.5) is 30.7 Å². The number of para-hydroxylation sites is 1. The first kappa shape index (κ1) is 40.6. The topological polar surface area (TPSA) is 181 Å². The fraction of sp³-hybridized carbons (Fsp3) is 0.306. The van der Waals surface area contributed by atoms with Gasteiger partial charge in [-0.25, -0.2) is 9.18 Å². The lowest BCUT2D eigenvalue weighted by molar-refractivity contribution is -0.157. The van der Waals surface area contributed by atoms with Crippen molar-refractivity contribution < 1.29 is 59.5 Å². The number of amides is 3. The second-order valence-electron chi connectivity index (χ2n) is 13.3. The van der Waals surface area contributed by atoms with Crippen molar-refractivity contribution in [3.8, 4) is 17.2 Å². The first-order valence-corrected chi connectivity index (χ1v) is 17.2. The normalized spacial score (nSPS) is 15.2. The number of halogens is 8. The van der Waals surface area contributed by atoms with Gasteiger partial charge in [-0.1, -0.05) is 41.0 Å². The number of benzene rings is 2. The largest absolute Gasteiger partial charge is 0.480 e. The van der Waals surface area contributed by atoms with E-state index >= 15 is 4.39 Å². The minimum atomic E-state index is -4.67. The van der Waals surface area contributed by atoms with Gasteiger partial charge in [-0.05, 0) is 49.9 Å². The predicted molar refractivity (Wildman–Crippen MR) is 185 cm³/mol. The molecule has 0 spiro atoms. The molecule has 3 amide bonds. The van der Waals surface area contributed by atoms with Crippen LogP contribution in [0.15, 0.2) is 65.4 Å². The number of pyridine rings is 1. The average molecular weight is 824 g/mol. The molecule has 57 heavy (non-hydrogen) atoms. The highest BCUT2D eigenvalue weighted by Crippen LogP contribution is 2.40. The molecule has 2 aromatic carbocycles. The zero-order valence-electron chi connectivity index (χ0n) is 29.3. The third-order valence-corrected chi connectivity index (χ3v) is 9.43. The van der Waals surface area contributed by atoms with E-state index in [1.165, 1.54) is 12.1 Å². The minimum absolute atomic E-state index is 0.167. The number of hydrogen-bond acceptors (Lipinski definition) is 8. The number of aliphatic carboxylic acids is 1. The molecule has 7 rings (SSSR count). The number of carboxylic acid groups (broad SMARTS) is 1. The SMILES string of the molecule is Cc1nc(-c2c(Cl)c3ccccc3n2-c2ccc(CNC(=O)C3(NC(=O)c4cncc(C(F)(F)F)c4)CC3)c(F)c2)no1.O=C(CC(F)(F)F)NC1(C(=O)O)CC1. The van der Waals surface area contributed by atoms with E-state index < -0.39 is 64.9 Å². The molecule has 2 aliphatic rings. The molecule has 0 radical (unpaired) electrons. The second kappa shape index (κ2) is 15.1. The van der Waals surface area contributed by atoms with Gasteiger partial charge in [-0.15, -0.1) is 0 Å². The molecule has 0 atom stereocenters. The Bertz CT molecular complexity index is 2390. The van der Waals surface area contributed by atoms with Crippen LogP contribution >= 0.6 is 11.6 Å². The Hall–Kier alpha value is -6.05. The quantitative estimate of drug-likeness (QED) is 0.115. The Morgan fingerprint density at radius 3 is 2.21 bits per heavy atom. The Balaban J connectivity index is 0.000000333. The summed E-state index contributed by atoms with van der Waals surface area (Å²) >= 11 is 6.70. The van der Waals surface area contributed by atoms with Crippen LogP contribution in [0.1, 0.15) is 59.5 Å². The fourth-order valence-electron chi connectivity index (χ4n) is 5.78. The van der Waals surface area contributed by atoms with Gasteiger partial charge in [0, 0.05) is 42.5 Å². The van der Waals surface area contributed by atoms with Gasteiger partial charge in [0.2, 0.25) is 23.5 Å². The summed E-state index contributed by atoms with van der Waals surface area (Å²) in [4.78, 5) is 54.6. The Labute approximate surface area is 321 Å². The summed E-state index contributed by atoms with van der Waals surface area (Å²) in [7, 11) is 0. The van der Waals surface area contributed by atoms with Crippen molar-refractivity contribution in [1.82, 2.24) is 35.6 Å². The number of nitrogens with zero attached hydrogens (tertiary/aromatic N) is 4. The summed E-state index contributed by atoms with van der Waals surface area (Å²) in [5.41, 5.74) is -2.46. The summed E-state index contributed by atoms with van der Waals surface area (Å²) in [5.74, 6) is -4.09. The number of nitrogens with one attached hydrogen (secondary N) is 3. The number of alkyl halides is 6. The summed E-state index contributed by atoms with van der Waals surface area (Å²) in [6.45, 7) is 1.44. The molecular weight excluding hydrogens is 795 g/mol. The highest BCUT2D eigenvalue weighted by molar-refractivity contribution is 6.38. The third-order valence-electron chi connectivity index (χ3n) is 9.05. The number of aromatic nitrogens is 4. The first-order chi connectivity index (χ1) is 26.7. The van der Waals surface area contributed by atoms with Crippen LogP contribution in [-0.4, -0.2) is 65.7 Å². The van der Waals surface area contributed by atoms with Gasteiger partial charge in [-0.2, -0.15) is 31.3 Å². The van der Waals surface area contributed by atoms with Crippen molar-refractivity contribution >= 4 is 46.2 Å². The van der Waals surface area contributed by atoms with Gasteiger partial charge in [-0.3, -0.25) is 19.4 Å². The van der Waals surface area contributed by atoms with E-state index in [2.05, 4.69) is 25.8 Å². The highest BCUT2D eigenvalue weighted by atomic mass is 35.5. The van der Waals surface area contributed by atoms with Crippen molar-refractivity contribution in [2.75, 3.05) is 0 Å². The van der Waals surface area contributed by atoms with Crippen molar-refractivity contribution in [3.63, 3.8) is 0 Å². The molecule has 4 N–H and O–H groups in total. The monoisotopic (exact) mass is 823 g/mol. The van der Waals surface area contributed by atoms with E-state index in [0.29, 0.717) is 45.5 Å². The fourth-order valence-corrected chi connectivity index (χ4v) is 6.11. The van der Waals surface area contributed by atoms with E-state index in [1.807, 2.05) is 29.6 Å². The zero-order valence-corrected chi connectivity index (χ0v) is 30.1. The second-order valence-corrected chi connectivity index (χ2v) is 13.7. The maximum absolute atomic E-state index is 15.4. The predicted octanol–water partition coefficient (Wildman–Crippen LogP) is 6.45. The van der Waals surface area contributed by atoms with E-state index in [1.54, 1.807) is 17.6 Å². The molecule has 0 bridgehead atoms. The molecule has 3 aromatic heterocycles. The van der Waals surface area contributed by atoms with Gasteiger partial charge in [0.05, 0.1) is 21.7 Å². The van der Waals surface area contributed by atoms with Crippen LogP contribution < -0.4 is 16.0 Å². The summed E-state index contributed by atoms with van der Waals surface area (Å²) in [6, 6.07) is 12.4. The van der Waals surface area contributed by atoms with Crippen LogP contribution in [-0.2, 0) is 27.1 Å². The molecular formula is C36H29ClF7N7O6. The Kier molecular flexibility index (Phi) is 10.8. The number of carboxylic acids is 1. The zero-order chi connectivity index (χ0) is 41.5. The third kappa shape index (κ3) is 9.00. The molecule has 13 nitrogen and oxygen atoms in total. The lowest BCUT2D eigenvalue weighted by atomic mass is 10.1. The lowest BCUT2D eigenvalue weighted by Crippen LogP contribution is -2.48. The van der Waals surface area contributed by atoms with Crippen LogP contribution in [0.5, 0.6) is 0 Å². The van der Waals surface area contributed by atoms with Crippen LogP contribution in [0.3, 0.4) is 0 Å². The smallest absolute Gasteiger partial charge is 0.417 e. The number of hydrogen-bond donors (Lipinski definition) is 4. The number of aryl methyl sites for hydroxylation is 1. The molecule has 0 aliphatic heterocycles. The van der Waals surface area contributed by atoms with Crippen molar-refractivity contribution in [2.24, 2.45) is 0 Å². The van der Waals surface area contributed by atoms with E-state index in [-0.39, 0.29) is 49.2 Å². The molecule has 3 heterocycles. The van der Waals surface area contributed by atoms with Crippen LogP contribution in [0, 0.1) is 12.7 Å². The number of carbonyl (C=O) groups is 4. The van der Waals surface area contributed by atoms with Crippen LogP contribution in [0.2, 0.25) is 5.02 Å². The Morgan fingerprint density at radius 1 is 0.947 bits per heavy atom. The maximum Gasteiger partial charge on any atom is 0.417 e. The molecule has 0 saturated heterocycles. The molecule has 300 valence electrons. The van der Waals surface area contributed by atoms with Crippen LogP contribution in [0.25, 0.3) is 28.1 Å². The minimum Gasteiger partial charge on any atom is -0.480 e.